The second-order valence-corrected chi connectivity index (χ2v) is 7.68. The summed E-state index contributed by atoms with van der Waals surface area (Å²) in [7, 11) is 1.86. The van der Waals surface area contributed by atoms with Crippen LogP contribution in [0.1, 0.15) is 11.4 Å². The van der Waals surface area contributed by atoms with Crippen molar-refractivity contribution < 1.29 is 19.1 Å². The summed E-state index contributed by atoms with van der Waals surface area (Å²) in [6.45, 7) is 6.67. The van der Waals surface area contributed by atoms with E-state index in [-0.39, 0.29) is 25.0 Å². The number of para-hydroxylation sites is 2. The van der Waals surface area contributed by atoms with E-state index in [1.165, 1.54) is 0 Å². The SMILES string of the molecule is Cc1nn(C)c(C)c1NC(=O)CN1CCN(C(=O)[C@H]2COc3ccccc3O2)CC1. The molecule has 30 heavy (non-hydrogen) atoms. The number of nitrogens with zero attached hydrogens (tertiary/aromatic N) is 4. The number of amides is 2. The van der Waals surface area contributed by atoms with Gasteiger partial charge in [-0.15, -0.1) is 0 Å². The molecule has 3 heterocycles. The van der Waals surface area contributed by atoms with Crippen molar-refractivity contribution >= 4 is 17.5 Å². The highest BCUT2D eigenvalue weighted by Crippen LogP contribution is 2.31. The molecule has 0 radical (unpaired) electrons. The molecule has 9 heteroatoms. The fraction of sp³-hybridized carbons (Fsp3) is 0.476. The standard InChI is InChI=1S/C21H27N5O4/c1-14-20(15(2)24(3)23-14)22-19(27)12-25-8-10-26(11-9-25)21(28)18-13-29-16-6-4-5-7-17(16)30-18/h4-7,18H,8-13H2,1-3H3,(H,22,27)/t18-/m1/s1. The number of hydrogen-bond donors (Lipinski definition) is 1. The molecule has 2 aliphatic heterocycles. The predicted octanol–water partition coefficient (Wildman–Crippen LogP) is 0.960. The molecule has 1 atom stereocenters. The normalized spacial score (nSPS) is 18.9. The Morgan fingerprint density at radius 2 is 1.83 bits per heavy atom. The van der Waals surface area contributed by atoms with Crippen LogP contribution < -0.4 is 14.8 Å². The van der Waals surface area contributed by atoms with Crippen LogP contribution in [0.4, 0.5) is 5.69 Å². The minimum Gasteiger partial charge on any atom is -0.485 e. The predicted molar refractivity (Wildman–Crippen MR) is 111 cm³/mol. The highest BCUT2D eigenvalue weighted by Gasteiger charge is 2.33. The van der Waals surface area contributed by atoms with E-state index in [2.05, 4.69) is 10.4 Å². The number of aromatic nitrogens is 2. The van der Waals surface area contributed by atoms with Gasteiger partial charge in [-0.3, -0.25) is 19.2 Å². The number of nitrogens with one attached hydrogen (secondary N) is 1. The second kappa shape index (κ2) is 8.35. The van der Waals surface area contributed by atoms with E-state index in [4.69, 9.17) is 9.47 Å². The molecule has 9 nitrogen and oxygen atoms in total. The van der Waals surface area contributed by atoms with Crippen molar-refractivity contribution in [3.63, 3.8) is 0 Å². The summed E-state index contributed by atoms with van der Waals surface area (Å²) in [4.78, 5) is 29.1. The molecule has 2 amide bonds. The zero-order valence-corrected chi connectivity index (χ0v) is 17.6. The largest absolute Gasteiger partial charge is 0.485 e. The monoisotopic (exact) mass is 413 g/mol. The van der Waals surface area contributed by atoms with E-state index >= 15 is 0 Å². The van der Waals surface area contributed by atoms with Crippen LogP contribution in [-0.4, -0.2) is 76.8 Å². The highest BCUT2D eigenvalue weighted by atomic mass is 16.6. The van der Waals surface area contributed by atoms with Gasteiger partial charge < -0.3 is 19.7 Å². The Kier molecular flexibility index (Phi) is 5.63. The van der Waals surface area contributed by atoms with Crippen LogP contribution in [-0.2, 0) is 16.6 Å². The number of carbonyl (C=O) groups is 2. The van der Waals surface area contributed by atoms with Crippen LogP contribution in [0.5, 0.6) is 11.5 Å². The topological polar surface area (TPSA) is 88.9 Å². The molecule has 1 aromatic carbocycles. The average Bonchev–Trinajstić information content (AvgIpc) is 2.99. The van der Waals surface area contributed by atoms with Gasteiger partial charge in [-0.25, -0.2) is 0 Å². The number of carbonyl (C=O) groups excluding carboxylic acids is 2. The molecule has 0 bridgehead atoms. The van der Waals surface area contributed by atoms with Gasteiger partial charge in [-0.1, -0.05) is 12.1 Å². The number of benzene rings is 1. The third-order valence-electron chi connectivity index (χ3n) is 5.61. The summed E-state index contributed by atoms with van der Waals surface area (Å²) in [5, 5.41) is 7.28. The van der Waals surface area contributed by atoms with Gasteiger partial charge in [0, 0.05) is 33.2 Å². The summed E-state index contributed by atoms with van der Waals surface area (Å²) < 4.78 is 13.2. The smallest absolute Gasteiger partial charge is 0.267 e. The van der Waals surface area contributed by atoms with Crippen molar-refractivity contribution in [1.82, 2.24) is 19.6 Å². The Labute approximate surface area is 175 Å². The first-order valence-corrected chi connectivity index (χ1v) is 10.1. The molecule has 0 spiro atoms. The summed E-state index contributed by atoms with van der Waals surface area (Å²) in [5.74, 6) is 1.11. The fourth-order valence-corrected chi connectivity index (χ4v) is 3.81. The minimum atomic E-state index is -0.633. The summed E-state index contributed by atoms with van der Waals surface area (Å²) >= 11 is 0. The third kappa shape index (κ3) is 4.11. The minimum absolute atomic E-state index is 0.0739. The number of rotatable bonds is 4. The van der Waals surface area contributed by atoms with Gasteiger partial charge in [0.2, 0.25) is 12.0 Å². The van der Waals surface area contributed by atoms with Gasteiger partial charge in [0.1, 0.15) is 6.61 Å². The number of hydrogen-bond acceptors (Lipinski definition) is 6. The molecule has 0 unspecified atom stereocenters. The van der Waals surface area contributed by atoms with Gasteiger partial charge in [0.05, 0.1) is 23.6 Å². The van der Waals surface area contributed by atoms with E-state index in [0.29, 0.717) is 37.7 Å². The lowest BCUT2D eigenvalue weighted by molar-refractivity contribution is -0.143. The number of fused-ring (bicyclic) bond motifs is 1. The van der Waals surface area contributed by atoms with Crippen LogP contribution >= 0.6 is 0 Å². The number of aryl methyl sites for hydroxylation is 2. The first-order chi connectivity index (χ1) is 14.4. The Balaban J connectivity index is 1.27. The molecular formula is C21H27N5O4. The van der Waals surface area contributed by atoms with Gasteiger partial charge in [-0.05, 0) is 26.0 Å². The Hall–Kier alpha value is -3.07. The summed E-state index contributed by atoms with van der Waals surface area (Å²) in [5.41, 5.74) is 2.49. The Morgan fingerprint density at radius 1 is 1.13 bits per heavy atom. The van der Waals surface area contributed by atoms with E-state index in [1.807, 2.05) is 44.0 Å². The van der Waals surface area contributed by atoms with Crippen LogP contribution in [0.25, 0.3) is 0 Å². The van der Waals surface area contributed by atoms with Crippen molar-refractivity contribution in [3.05, 3.63) is 35.7 Å². The van der Waals surface area contributed by atoms with Crippen molar-refractivity contribution in [2.24, 2.45) is 7.05 Å². The average molecular weight is 413 g/mol. The molecule has 0 saturated carbocycles. The molecule has 4 rings (SSSR count). The van der Waals surface area contributed by atoms with E-state index in [1.54, 1.807) is 15.6 Å². The van der Waals surface area contributed by atoms with Crippen LogP contribution in [0.2, 0.25) is 0 Å². The summed E-state index contributed by atoms with van der Waals surface area (Å²) in [6, 6.07) is 7.36. The van der Waals surface area contributed by atoms with Gasteiger partial charge in [0.25, 0.3) is 5.91 Å². The zero-order valence-electron chi connectivity index (χ0n) is 17.6. The molecule has 2 aromatic rings. The van der Waals surface area contributed by atoms with Crippen molar-refractivity contribution in [1.29, 1.82) is 0 Å². The van der Waals surface area contributed by atoms with Gasteiger partial charge >= 0.3 is 0 Å². The molecular weight excluding hydrogens is 386 g/mol. The maximum absolute atomic E-state index is 12.8. The molecule has 160 valence electrons. The lowest BCUT2D eigenvalue weighted by atomic mass is 10.2. The van der Waals surface area contributed by atoms with E-state index < -0.39 is 6.10 Å². The number of ether oxygens (including phenoxy) is 2. The van der Waals surface area contributed by atoms with Gasteiger partial charge in [0.15, 0.2) is 11.5 Å². The maximum Gasteiger partial charge on any atom is 0.267 e. The van der Waals surface area contributed by atoms with Crippen LogP contribution in [0.3, 0.4) is 0 Å². The number of anilines is 1. The Bertz CT molecular complexity index is 949. The first kappa shape index (κ1) is 20.2. The highest BCUT2D eigenvalue weighted by molar-refractivity contribution is 5.93. The van der Waals surface area contributed by atoms with Crippen molar-refractivity contribution in [2.75, 3.05) is 44.6 Å². The number of piperazine rings is 1. The quantitative estimate of drug-likeness (QED) is 0.803. The molecule has 1 aromatic heterocycles. The van der Waals surface area contributed by atoms with Gasteiger partial charge in [-0.2, -0.15) is 5.10 Å². The fourth-order valence-electron chi connectivity index (χ4n) is 3.81. The van der Waals surface area contributed by atoms with Crippen molar-refractivity contribution in [3.8, 4) is 11.5 Å². The molecule has 1 fully saturated rings. The molecule has 2 aliphatic rings. The second-order valence-electron chi connectivity index (χ2n) is 7.68. The zero-order chi connectivity index (χ0) is 21.3. The lowest BCUT2D eigenvalue weighted by Gasteiger charge is -2.36. The van der Waals surface area contributed by atoms with E-state index in [0.717, 1.165) is 17.1 Å². The maximum atomic E-state index is 12.8. The van der Waals surface area contributed by atoms with E-state index in [9.17, 15) is 9.59 Å². The molecule has 1 N–H and O–H groups in total. The summed E-state index contributed by atoms with van der Waals surface area (Å²) in [6.07, 6.45) is -0.633. The Morgan fingerprint density at radius 3 is 2.50 bits per heavy atom. The van der Waals surface area contributed by atoms with Crippen LogP contribution in [0.15, 0.2) is 24.3 Å². The molecule has 1 saturated heterocycles. The van der Waals surface area contributed by atoms with Crippen molar-refractivity contribution in [2.45, 2.75) is 20.0 Å². The third-order valence-corrected chi connectivity index (χ3v) is 5.61. The molecule has 0 aliphatic carbocycles. The lowest BCUT2D eigenvalue weighted by Crippen LogP contribution is -2.54. The van der Waals surface area contributed by atoms with Crippen LogP contribution in [0, 0.1) is 13.8 Å². The first-order valence-electron chi connectivity index (χ1n) is 10.1.